The van der Waals surface area contributed by atoms with Crippen LogP contribution in [0.3, 0.4) is 0 Å². The number of alkyl halides is 3. The van der Waals surface area contributed by atoms with Gasteiger partial charge in [-0.3, -0.25) is 4.79 Å². The fourth-order valence-electron chi connectivity index (χ4n) is 2.71. The molecule has 1 amide bonds. The molecule has 0 heterocycles. The molecule has 1 N–H and O–H groups in total. The van der Waals surface area contributed by atoms with E-state index in [4.69, 9.17) is 0 Å². The van der Waals surface area contributed by atoms with E-state index in [9.17, 15) is 30.8 Å². The van der Waals surface area contributed by atoms with Crippen LogP contribution in [0.15, 0.2) is 53.4 Å². The predicted octanol–water partition coefficient (Wildman–Crippen LogP) is 3.89. The van der Waals surface area contributed by atoms with Crippen LogP contribution in [0, 0.1) is 5.82 Å². The highest BCUT2D eigenvalue weighted by Gasteiger charge is 2.42. The number of benzene rings is 2. The predicted molar refractivity (Wildman–Crippen MR) is 99.2 cm³/mol. The normalized spacial score (nSPS) is 13.3. The average molecular weight is 432 g/mol. The number of carbonyl (C=O) groups is 1. The van der Waals surface area contributed by atoms with Gasteiger partial charge in [-0.25, -0.2) is 12.8 Å². The molecule has 5 nitrogen and oxygen atoms in total. The van der Waals surface area contributed by atoms with Crippen molar-refractivity contribution in [1.82, 2.24) is 9.62 Å². The van der Waals surface area contributed by atoms with Gasteiger partial charge in [0.2, 0.25) is 10.0 Å². The number of nitrogens with one attached hydrogen (secondary N) is 1. The molecule has 0 saturated carbocycles. The van der Waals surface area contributed by atoms with Crippen molar-refractivity contribution in [3.05, 3.63) is 65.5 Å². The Balaban J connectivity index is 2.26. The van der Waals surface area contributed by atoms with Gasteiger partial charge in [0.1, 0.15) is 5.82 Å². The van der Waals surface area contributed by atoms with E-state index in [0.29, 0.717) is 0 Å². The van der Waals surface area contributed by atoms with Gasteiger partial charge in [-0.15, -0.1) is 0 Å². The Hall–Kier alpha value is -2.46. The van der Waals surface area contributed by atoms with Crippen LogP contribution >= 0.6 is 0 Å². The van der Waals surface area contributed by atoms with Crippen LogP contribution in [0.2, 0.25) is 0 Å². The first kappa shape index (κ1) is 22.8. The number of halogens is 4. The average Bonchev–Trinajstić information content (AvgIpc) is 2.67. The maximum absolute atomic E-state index is 13.4. The Kier molecular flexibility index (Phi) is 7.02. The Morgan fingerprint density at radius 1 is 1.00 bits per heavy atom. The molecule has 2 aromatic carbocycles. The molecule has 1 atom stereocenters. The summed E-state index contributed by atoms with van der Waals surface area (Å²) < 4.78 is 79.2. The minimum Gasteiger partial charge on any atom is -0.337 e. The van der Waals surface area contributed by atoms with Gasteiger partial charge in [-0.05, 0) is 42.0 Å². The van der Waals surface area contributed by atoms with Gasteiger partial charge in [-0.2, -0.15) is 17.5 Å². The lowest BCUT2D eigenvalue weighted by molar-refractivity contribution is -0.155. The molecule has 2 aromatic rings. The molecule has 1 unspecified atom stereocenters. The standard InChI is InChI=1S/C19H20F4N2O3S/c1-3-25(4-2)29(27,28)16-11-7-14(8-12-16)18(26)24-17(19(21,22)23)13-5-9-15(20)10-6-13/h5-12,17H,3-4H2,1-2H3,(H,24,26). The summed E-state index contributed by atoms with van der Waals surface area (Å²) in [6.07, 6.45) is -4.81. The molecule has 0 aliphatic rings. The molecule has 0 saturated heterocycles. The third kappa shape index (κ3) is 5.33. The van der Waals surface area contributed by atoms with Crippen LogP contribution in [0.25, 0.3) is 0 Å². The maximum atomic E-state index is 13.4. The molecular formula is C19H20F4N2O3S. The first-order valence-corrected chi connectivity index (χ1v) is 10.2. The van der Waals surface area contributed by atoms with Crippen molar-refractivity contribution in [1.29, 1.82) is 0 Å². The van der Waals surface area contributed by atoms with E-state index in [1.165, 1.54) is 16.4 Å². The van der Waals surface area contributed by atoms with Crippen molar-refractivity contribution in [2.24, 2.45) is 0 Å². The fourth-order valence-corrected chi connectivity index (χ4v) is 4.17. The van der Waals surface area contributed by atoms with Gasteiger partial charge in [-0.1, -0.05) is 26.0 Å². The lowest BCUT2D eigenvalue weighted by atomic mass is 10.1. The van der Waals surface area contributed by atoms with Crippen molar-refractivity contribution in [3.8, 4) is 0 Å². The summed E-state index contributed by atoms with van der Waals surface area (Å²) in [5.41, 5.74) is -0.465. The van der Waals surface area contributed by atoms with Gasteiger partial charge in [0, 0.05) is 18.7 Å². The van der Waals surface area contributed by atoms with E-state index in [2.05, 4.69) is 0 Å². The minimum absolute atomic E-state index is 0.0661. The summed E-state index contributed by atoms with van der Waals surface area (Å²) in [5.74, 6) is -1.74. The topological polar surface area (TPSA) is 66.5 Å². The molecule has 0 aliphatic heterocycles. The Morgan fingerprint density at radius 3 is 1.97 bits per heavy atom. The third-order valence-electron chi connectivity index (χ3n) is 4.27. The quantitative estimate of drug-likeness (QED) is 0.675. The molecule has 2 rings (SSSR count). The molecule has 0 fully saturated rings. The van der Waals surface area contributed by atoms with E-state index in [-0.39, 0.29) is 29.1 Å². The zero-order chi connectivity index (χ0) is 21.8. The third-order valence-corrected chi connectivity index (χ3v) is 6.33. The highest BCUT2D eigenvalue weighted by molar-refractivity contribution is 7.89. The van der Waals surface area contributed by atoms with Crippen molar-refractivity contribution in [2.45, 2.75) is 31.0 Å². The second-order valence-corrected chi connectivity index (χ2v) is 8.05. The van der Waals surface area contributed by atoms with Crippen LogP contribution < -0.4 is 5.32 Å². The zero-order valence-corrected chi connectivity index (χ0v) is 16.5. The second kappa shape index (κ2) is 8.91. The summed E-state index contributed by atoms with van der Waals surface area (Å²) in [4.78, 5) is 12.2. The number of amides is 1. The largest absolute Gasteiger partial charge is 0.412 e. The molecule has 0 aliphatic carbocycles. The van der Waals surface area contributed by atoms with Crippen molar-refractivity contribution < 1.29 is 30.8 Å². The molecule has 0 radical (unpaired) electrons. The van der Waals surface area contributed by atoms with Crippen LogP contribution in [-0.2, 0) is 10.0 Å². The Bertz CT molecular complexity index is 939. The van der Waals surface area contributed by atoms with Gasteiger partial charge in [0.05, 0.1) is 4.90 Å². The molecule has 0 aromatic heterocycles. The van der Waals surface area contributed by atoms with E-state index in [1.54, 1.807) is 13.8 Å². The van der Waals surface area contributed by atoms with Crippen molar-refractivity contribution >= 4 is 15.9 Å². The number of sulfonamides is 1. The first-order chi connectivity index (χ1) is 13.5. The highest BCUT2D eigenvalue weighted by atomic mass is 32.2. The van der Waals surface area contributed by atoms with Crippen LogP contribution in [0.5, 0.6) is 0 Å². The Morgan fingerprint density at radius 2 is 1.52 bits per heavy atom. The second-order valence-electron chi connectivity index (χ2n) is 6.11. The van der Waals surface area contributed by atoms with Gasteiger partial charge in [0.15, 0.2) is 6.04 Å². The SMILES string of the molecule is CCN(CC)S(=O)(=O)c1ccc(C(=O)NC(c2ccc(F)cc2)C(F)(F)F)cc1. The minimum atomic E-state index is -4.81. The summed E-state index contributed by atoms with van der Waals surface area (Å²) in [6, 6.07) is 5.90. The number of carbonyl (C=O) groups excluding carboxylic acids is 1. The molecule has 0 bridgehead atoms. The highest BCUT2D eigenvalue weighted by Crippen LogP contribution is 2.33. The van der Waals surface area contributed by atoms with Crippen molar-refractivity contribution in [2.75, 3.05) is 13.1 Å². The lowest BCUT2D eigenvalue weighted by Crippen LogP contribution is -2.38. The lowest BCUT2D eigenvalue weighted by Gasteiger charge is -2.22. The van der Waals surface area contributed by atoms with Crippen LogP contribution in [-0.4, -0.2) is 37.9 Å². The number of rotatable bonds is 7. The maximum Gasteiger partial charge on any atom is 0.412 e. The van der Waals surface area contributed by atoms with E-state index < -0.39 is 34.0 Å². The monoisotopic (exact) mass is 432 g/mol. The molecule has 10 heteroatoms. The summed E-state index contributed by atoms with van der Waals surface area (Å²) >= 11 is 0. The van der Waals surface area contributed by atoms with Gasteiger partial charge < -0.3 is 5.32 Å². The summed E-state index contributed by atoms with van der Waals surface area (Å²) in [5, 5.41) is 1.87. The molecular weight excluding hydrogens is 412 g/mol. The zero-order valence-electron chi connectivity index (χ0n) is 15.7. The van der Waals surface area contributed by atoms with Crippen LogP contribution in [0.1, 0.15) is 35.8 Å². The van der Waals surface area contributed by atoms with Gasteiger partial charge >= 0.3 is 6.18 Å². The first-order valence-electron chi connectivity index (χ1n) is 8.74. The smallest absolute Gasteiger partial charge is 0.337 e. The number of nitrogens with zero attached hydrogens (tertiary/aromatic N) is 1. The summed E-state index contributed by atoms with van der Waals surface area (Å²) in [6.45, 7) is 3.86. The van der Waals surface area contributed by atoms with E-state index >= 15 is 0 Å². The van der Waals surface area contributed by atoms with Crippen molar-refractivity contribution in [3.63, 3.8) is 0 Å². The van der Waals surface area contributed by atoms with E-state index in [0.717, 1.165) is 36.4 Å². The fraction of sp³-hybridized carbons (Fsp3) is 0.316. The van der Waals surface area contributed by atoms with E-state index in [1.807, 2.05) is 5.32 Å². The van der Waals surface area contributed by atoms with Crippen LogP contribution in [0.4, 0.5) is 17.6 Å². The number of hydrogen-bond acceptors (Lipinski definition) is 3. The Labute approximate surface area is 166 Å². The number of hydrogen-bond donors (Lipinski definition) is 1. The molecule has 0 spiro atoms. The molecule has 158 valence electrons. The molecule has 29 heavy (non-hydrogen) atoms. The summed E-state index contributed by atoms with van der Waals surface area (Å²) in [7, 11) is -3.75. The van der Waals surface area contributed by atoms with Gasteiger partial charge in [0.25, 0.3) is 5.91 Å².